The van der Waals surface area contributed by atoms with Crippen LogP contribution >= 0.6 is 35.6 Å². The summed E-state index contributed by atoms with van der Waals surface area (Å²) in [5.41, 5.74) is 5.67. The molecule has 0 atom stereocenters. The van der Waals surface area contributed by atoms with Crippen LogP contribution in [0.2, 0.25) is 5.02 Å². The highest BCUT2D eigenvalue weighted by molar-refractivity contribution is 14.0. The zero-order chi connectivity index (χ0) is 19.2. The molecule has 0 radical (unpaired) electrons. The standard InChI is InChI=1S/C17H17ClF3N3O2.HI/c1-25-15-7-4-12(10-14(15)18)24-16(22)23-8-9-26-13-5-2-11(3-6-13)17(19,20)21;/h2-7,10H,8-9H2,1H3,(H3,22,23,24);1H. The summed E-state index contributed by atoms with van der Waals surface area (Å²) in [6.45, 7) is 0.390. The quantitative estimate of drug-likeness (QED) is 0.251. The van der Waals surface area contributed by atoms with Crippen molar-refractivity contribution in [3.8, 4) is 11.5 Å². The van der Waals surface area contributed by atoms with Crippen molar-refractivity contribution in [3.63, 3.8) is 0 Å². The average Bonchev–Trinajstić information content (AvgIpc) is 2.58. The molecular weight excluding hydrogens is 498 g/mol. The number of rotatable bonds is 6. The van der Waals surface area contributed by atoms with Crippen LogP contribution in [0.5, 0.6) is 11.5 Å². The van der Waals surface area contributed by atoms with E-state index < -0.39 is 11.7 Å². The lowest BCUT2D eigenvalue weighted by Crippen LogP contribution is -2.23. The fraction of sp³-hybridized carbons (Fsp3) is 0.235. The van der Waals surface area contributed by atoms with Gasteiger partial charge in [-0.25, -0.2) is 4.99 Å². The summed E-state index contributed by atoms with van der Waals surface area (Å²) < 4.78 is 47.8. The number of nitrogens with zero attached hydrogens (tertiary/aromatic N) is 1. The van der Waals surface area contributed by atoms with Gasteiger partial charge in [0.15, 0.2) is 5.96 Å². The van der Waals surface area contributed by atoms with Gasteiger partial charge in [-0.3, -0.25) is 0 Å². The third-order valence-electron chi connectivity index (χ3n) is 3.25. The van der Waals surface area contributed by atoms with Gasteiger partial charge in [0.25, 0.3) is 0 Å². The van der Waals surface area contributed by atoms with Crippen LogP contribution in [0.15, 0.2) is 47.5 Å². The van der Waals surface area contributed by atoms with E-state index in [4.69, 9.17) is 26.8 Å². The highest BCUT2D eigenvalue weighted by Crippen LogP contribution is 2.30. The van der Waals surface area contributed by atoms with Crippen molar-refractivity contribution in [2.45, 2.75) is 6.18 Å². The van der Waals surface area contributed by atoms with Gasteiger partial charge in [-0.15, -0.1) is 24.0 Å². The molecule has 10 heteroatoms. The Morgan fingerprint density at radius 1 is 1.19 bits per heavy atom. The second-order valence-corrected chi connectivity index (χ2v) is 5.52. The Balaban J connectivity index is 0.00000364. The summed E-state index contributed by atoms with van der Waals surface area (Å²) >= 11 is 6.01. The van der Waals surface area contributed by atoms with Crippen LogP contribution in [0.4, 0.5) is 18.9 Å². The van der Waals surface area contributed by atoms with E-state index in [-0.39, 0.29) is 43.1 Å². The van der Waals surface area contributed by atoms with Gasteiger partial charge in [-0.05, 0) is 42.5 Å². The molecule has 0 aromatic heterocycles. The number of guanidine groups is 1. The summed E-state index contributed by atoms with van der Waals surface area (Å²) in [7, 11) is 1.51. The molecule has 0 amide bonds. The molecule has 0 saturated carbocycles. The monoisotopic (exact) mass is 515 g/mol. The maximum Gasteiger partial charge on any atom is 0.416 e. The minimum Gasteiger partial charge on any atom is -0.495 e. The Labute approximate surface area is 176 Å². The van der Waals surface area contributed by atoms with Crippen LogP contribution in [-0.4, -0.2) is 26.2 Å². The normalized spacial score (nSPS) is 11.5. The van der Waals surface area contributed by atoms with E-state index >= 15 is 0 Å². The van der Waals surface area contributed by atoms with Crippen molar-refractivity contribution in [2.75, 3.05) is 25.6 Å². The van der Waals surface area contributed by atoms with Gasteiger partial charge in [0.2, 0.25) is 0 Å². The van der Waals surface area contributed by atoms with Crippen LogP contribution in [0.25, 0.3) is 0 Å². The maximum absolute atomic E-state index is 12.5. The SMILES string of the molecule is COc1ccc(NC(N)=NCCOc2ccc(C(F)(F)F)cc2)cc1Cl.I. The minimum atomic E-state index is -4.37. The van der Waals surface area contributed by atoms with Crippen LogP contribution in [0.3, 0.4) is 0 Å². The smallest absolute Gasteiger partial charge is 0.416 e. The Morgan fingerprint density at radius 3 is 2.41 bits per heavy atom. The Hall–Kier alpha value is -1.88. The summed E-state index contributed by atoms with van der Waals surface area (Å²) in [6, 6.07) is 9.49. The lowest BCUT2D eigenvalue weighted by molar-refractivity contribution is -0.137. The molecule has 3 N–H and O–H groups in total. The molecule has 0 bridgehead atoms. The molecule has 0 unspecified atom stereocenters. The number of nitrogens with one attached hydrogen (secondary N) is 1. The zero-order valence-electron chi connectivity index (χ0n) is 14.2. The summed E-state index contributed by atoms with van der Waals surface area (Å²) in [6.07, 6.45) is -4.37. The molecular formula is C17H18ClF3IN3O2. The summed E-state index contributed by atoms with van der Waals surface area (Å²) in [5, 5.41) is 3.29. The molecule has 27 heavy (non-hydrogen) atoms. The van der Waals surface area contributed by atoms with E-state index in [1.54, 1.807) is 18.2 Å². The van der Waals surface area contributed by atoms with Crippen molar-refractivity contribution in [1.29, 1.82) is 0 Å². The first-order valence-electron chi connectivity index (χ1n) is 7.50. The van der Waals surface area contributed by atoms with E-state index in [0.29, 0.717) is 22.2 Å². The molecule has 0 fully saturated rings. The van der Waals surface area contributed by atoms with Crippen molar-refractivity contribution in [3.05, 3.63) is 53.1 Å². The summed E-state index contributed by atoms with van der Waals surface area (Å²) in [5.74, 6) is 1.02. The van der Waals surface area contributed by atoms with Gasteiger partial charge in [-0.2, -0.15) is 13.2 Å². The third-order valence-corrected chi connectivity index (χ3v) is 3.54. The number of benzene rings is 2. The lowest BCUT2D eigenvalue weighted by Gasteiger charge is -2.09. The largest absolute Gasteiger partial charge is 0.495 e. The van der Waals surface area contributed by atoms with Crippen molar-refractivity contribution >= 4 is 47.2 Å². The number of hydrogen-bond acceptors (Lipinski definition) is 3. The van der Waals surface area contributed by atoms with Crippen LogP contribution in [0.1, 0.15) is 5.56 Å². The number of anilines is 1. The first-order valence-corrected chi connectivity index (χ1v) is 7.88. The molecule has 0 aliphatic carbocycles. The number of hydrogen-bond donors (Lipinski definition) is 2. The van der Waals surface area contributed by atoms with Gasteiger partial charge in [0.1, 0.15) is 18.1 Å². The Morgan fingerprint density at radius 2 is 1.85 bits per heavy atom. The molecule has 0 saturated heterocycles. The number of aliphatic imine (C=N–C) groups is 1. The molecule has 0 heterocycles. The lowest BCUT2D eigenvalue weighted by atomic mass is 10.2. The van der Waals surface area contributed by atoms with E-state index in [2.05, 4.69) is 10.3 Å². The van der Waals surface area contributed by atoms with E-state index in [0.717, 1.165) is 12.1 Å². The fourth-order valence-electron chi connectivity index (χ4n) is 2.00. The molecule has 2 aromatic carbocycles. The maximum atomic E-state index is 12.5. The first-order chi connectivity index (χ1) is 12.3. The highest BCUT2D eigenvalue weighted by atomic mass is 127. The van der Waals surface area contributed by atoms with Gasteiger partial charge >= 0.3 is 6.18 Å². The zero-order valence-corrected chi connectivity index (χ0v) is 17.3. The molecule has 0 aliphatic rings. The number of ether oxygens (including phenoxy) is 2. The van der Waals surface area contributed by atoms with Crippen LogP contribution in [0, 0.1) is 0 Å². The molecule has 5 nitrogen and oxygen atoms in total. The third kappa shape index (κ3) is 7.33. The number of nitrogens with two attached hydrogens (primary N) is 1. The Kier molecular flexibility index (Phi) is 8.97. The van der Waals surface area contributed by atoms with Crippen molar-refractivity contribution in [2.24, 2.45) is 10.7 Å². The fourth-order valence-corrected chi connectivity index (χ4v) is 2.26. The molecule has 0 aliphatic heterocycles. The van der Waals surface area contributed by atoms with E-state index in [1.165, 1.54) is 19.2 Å². The Bertz CT molecular complexity index is 771. The minimum absolute atomic E-state index is 0. The average molecular weight is 516 g/mol. The molecule has 2 rings (SSSR count). The predicted octanol–water partition coefficient (Wildman–Crippen LogP) is 4.79. The van der Waals surface area contributed by atoms with E-state index in [1.807, 2.05) is 0 Å². The number of methoxy groups -OCH3 is 1. The van der Waals surface area contributed by atoms with Gasteiger partial charge in [0, 0.05) is 5.69 Å². The van der Waals surface area contributed by atoms with Gasteiger partial charge in [0.05, 0.1) is 24.2 Å². The topological polar surface area (TPSA) is 68.9 Å². The summed E-state index contributed by atoms with van der Waals surface area (Å²) in [4.78, 5) is 4.07. The highest BCUT2D eigenvalue weighted by Gasteiger charge is 2.29. The molecule has 2 aromatic rings. The molecule has 0 spiro atoms. The van der Waals surface area contributed by atoms with Crippen molar-refractivity contribution < 1.29 is 22.6 Å². The van der Waals surface area contributed by atoms with Crippen molar-refractivity contribution in [1.82, 2.24) is 0 Å². The van der Waals surface area contributed by atoms with Gasteiger partial charge in [-0.1, -0.05) is 11.6 Å². The predicted molar refractivity (Wildman–Crippen MR) is 110 cm³/mol. The number of alkyl halides is 3. The number of halogens is 5. The van der Waals surface area contributed by atoms with Gasteiger partial charge < -0.3 is 20.5 Å². The molecule has 148 valence electrons. The first kappa shape index (κ1) is 23.2. The second-order valence-electron chi connectivity index (χ2n) is 5.11. The van der Waals surface area contributed by atoms with E-state index in [9.17, 15) is 13.2 Å². The second kappa shape index (κ2) is 10.5. The van der Waals surface area contributed by atoms with Crippen LogP contribution in [-0.2, 0) is 6.18 Å². The van der Waals surface area contributed by atoms with Crippen LogP contribution < -0.4 is 20.5 Å².